The van der Waals surface area contributed by atoms with Crippen molar-refractivity contribution in [2.45, 2.75) is 0 Å². The first-order valence-electron chi connectivity index (χ1n) is 25.2. The van der Waals surface area contributed by atoms with E-state index >= 15 is 0 Å². The summed E-state index contributed by atoms with van der Waals surface area (Å²) in [7, 11) is 0. The lowest BCUT2D eigenvalue weighted by atomic mass is 10.1. The first kappa shape index (κ1) is 57.9. The van der Waals surface area contributed by atoms with Crippen molar-refractivity contribution in [1.29, 1.82) is 0 Å². The smallest absolute Gasteiger partial charge is 0.255 e. The fourth-order valence-corrected chi connectivity index (χ4v) is 8.70. The number of hydrogen-bond donors (Lipinski definition) is 13. The molecule has 3 heterocycles. The molecule has 0 saturated carbocycles. The molecule has 7 rings (SSSR count). The zero-order valence-electron chi connectivity index (χ0n) is 42.6. The number of amides is 8. The van der Waals surface area contributed by atoms with Gasteiger partial charge in [-0.15, -0.1) is 0 Å². The molecule has 0 aromatic heterocycles. The Bertz CT molecular complexity index is 2710. The number of aromatic hydroxyl groups is 4. The normalized spacial score (nSPS) is 18.9. The average molecular weight is 1070 g/mol. The molecule has 0 atom stereocenters. The van der Waals surface area contributed by atoms with Gasteiger partial charge < -0.3 is 69.1 Å². The van der Waals surface area contributed by atoms with Crippen molar-refractivity contribution in [2.24, 2.45) is 11.5 Å². The number of hydrogen-bond acceptors (Lipinski definition) is 17. The molecule has 0 aliphatic carbocycles. The van der Waals surface area contributed by atoms with Gasteiger partial charge >= 0.3 is 0 Å². The summed E-state index contributed by atoms with van der Waals surface area (Å²) >= 11 is 0. The van der Waals surface area contributed by atoms with E-state index in [0.717, 1.165) is 0 Å². The van der Waals surface area contributed by atoms with Crippen LogP contribution in [0.1, 0.15) is 82.9 Å². The summed E-state index contributed by atoms with van der Waals surface area (Å²) in [4.78, 5) is 114. The Morgan fingerprint density at radius 3 is 1.08 bits per heavy atom. The SMILES string of the molecule is NCCN1CCNC(=O)c2cccc(c2O)C(=O)NCCN(CCNC(=O)c2cccc(C(N)=O)c2O)CCN2CCNC(=O)c3cccc(c3O)C(=O)NCCN(CCNC(=O)c3cccc(c3O)C(=O)NCC2)CC1. The third-order valence-electron chi connectivity index (χ3n) is 13.0. The van der Waals surface area contributed by atoms with Crippen LogP contribution < -0.4 is 48.7 Å². The summed E-state index contributed by atoms with van der Waals surface area (Å²) in [5.41, 5.74) is 10.1. The largest absolute Gasteiger partial charge is 0.506 e. The Hall–Kier alpha value is -8.36. The molecule has 0 unspecified atom stereocenters. The quantitative estimate of drug-likeness (QED) is 0.0953. The second-order valence-electron chi connectivity index (χ2n) is 18.1. The predicted molar refractivity (Wildman–Crippen MR) is 282 cm³/mol. The second kappa shape index (κ2) is 28.5. The molecule has 8 bridgehead atoms. The third-order valence-corrected chi connectivity index (χ3v) is 13.0. The van der Waals surface area contributed by atoms with Crippen LogP contribution in [0.15, 0.2) is 72.8 Å². The Morgan fingerprint density at radius 2 is 0.740 bits per heavy atom. The molecule has 0 radical (unpaired) electrons. The Balaban J connectivity index is 1.32. The molecule has 412 valence electrons. The maximum Gasteiger partial charge on any atom is 0.255 e. The molecule has 4 aromatic rings. The number of phenols is 4. The monoisotopic (exact) mass is 1070 g/mol. The molecule has 15 N–H and O–H groups in total. The van der Waals surface area contributed by atoms with Crippen LogP contribution in [0.5, 0.6) is 23.0 Å². The first-order valence-corrected chi connectivity index (χ1v) is 25.2. The van der Waals surface area contributed by atoms with Crippen molar-refractivity contribution in [3.05, 3.63) is 117 Å². The van der Waals surface area contributed by atoms with E-state index < -0.39 is 70.3 Å². The van der Waals surface area contributed by atoms with E-state index in [1.54, 1.807) is 0 Å². The number of para-hydroxylation sites is 4. The van der Waals surface area contributed by atoms with Crippen LogP contribution in [0.3, 0.4) is 0 Å². The fraction of sp³-hybridized carbons (Fsp3) is 0.385. The molecule has 25 heteroatoms. The average Bonchev–Trinajstić information content (AvgIpc) is 3.40. The van der Waals surface area contributed by atoms with Crippen molar-refractivity contribution < 1.29 is 58.8 Å². The van der Waals surface area contributed by atoms with E-state index in [2.05, 4.69) is 37.2 Å². The molecule has 77 heavy (non-hydrogen) atoms. The summed E-state index contributed by atoms with van der Waals surface area (Å²) in [5.74, 6) is -7.71. The van der Waals surface area contributed by atoms with Crippen molar-refractivity contribution in [2.75, 3.05) is 131 Å². The van der Waals surface area contributed by atoms with Crippen LogP contribution in [-0.2, 0) is 0 Å². The molecular formula is C52H67N13O12. The number of carbonyl (C=O) groups is 8. The van der Waals surface area contributed by atoms with E-state index in [9.17, 15) is 58.8 Å². The van der Waals surface area contributed by atoms with Crippen LogP contribution in [-0.4, -0.2) is 218 Å². The van der Waals surface area contributed by atoms with Crippen LogP contribution >= 0.6 is 0 Å². The summed E-state index contributed by atoms with van der Waals surface area (Å²) in [6.07, 6.45) is 0. The van der Waals surface area contributed by atoms with E-state index in [1.807, 2.05) is 19.6 Å². The number of primary amides is 1. The summed E-state index contributed by atoms with van der Waals surface area (Å²) in [5, 5.41) is 63.8. The van der Waals surface area contributed by atoms with Gasteiger partial charge in [0.1, 0.15) is 23.0 Å². The van der Waals surface area contributed by atoms with E-state index in [4.69, 9.17) is 11.5 Å². The van der Waals surface area contributed by atoms with Crippen molar-refractivity contribution in [1.82, 2.24) is 56.8 Å². The molecule has 0 saturated heterocycles. The van der Waals surface area contributed by atoms with Gasteiger partial charge in [-0.25, -0.2) is 0 Å². The van der Waals surface area contributed by atoms with Crippen LogP contribution in [0.25, 0.3) is 0 Å². The molecule has 3 aliphatic heterocycles. The summed E-state index contributed by atoms with van der Waals surface area (Å²) in [6.45, 7) is 3.77. The zero-order chi connectivity index (χ0) is 55.4. The third kappa shape index (κ3) is 16.1. The molecule has 0 fully saturated rings. The lowest BCUT2D eigenvalue weighted by Crippen LogP contribution is -2.46. The summed E-state index contributed by atoms with van der Waals surface area (Å²) in [6, 6.07) is 16.7. The van der Waals surface area contributed by atoms with Crippen molar-refractivity contribution >= 4 is 47.3 Å². The minimum Gasteiger partial charge on any atom is -0.506 e. The second-order valence-corrected chi connectivity index (χ2v) is 18.1. The number of nitrogens with zero attached hydrogens (tertiary/aromatic N) is 4. The van der Waals surface area contributed by atoms with Crippen LogP contribution in [0, 0.1) is 0 Å². The molecule has 8 amide bonds. The van der Waals surface area contributed by atoms with Gasteiger partial charge in [0.25, 0.3) is 47.3 Å². The predicted octanol–water partition coefficient (Wildman–Crippen LogP) is -1.99. The van der Waals surface area contributed by atoms with Gasteiger partial charge in [0, 0.05) is 131 Å². The number of nitrogens with two attached hydrogens (primary N) is 2. The van der Waals surface area contributed by atoms with Crippen LogP contribution in [0.2, 0.25) is 0 Å². The zero-order valence-corrected chi connectivity index (χ0v) is 42.6. The maximum atomic E-state index is 13.6. The van der Waals surface area contributed by atoms with Gasteiger partial charge in [0.15, 0.2) is 0 Å². The van der Waals surface area contributed by atoms with E-state index in [0.29, 0.717) is 26.2 Å². The minimum absolute atomic E-state index is 0.000659. The number of phenolic OH excluding ortho intramolecular Hbond substituents is 3. The molecule has 25 nitrogen and oxygen atoms in total. The lowest BCUT2D eigenvalue weighted by molar-refractivity contribution is 0.0913. The number of benzene rings is 4. The standard InChI is InChI=1S/C52H67N13O12/c53-13-21-62-22-14-55-47(72)35-7-2-8-36(42(35)67)50(75)59-18-26-64(25-15-56-46(71)34-6-1-5-33(41(34)66)45(54)70)31-32-65-27-19-60-51(76)39-11-3-9-37(43(39)68)48(73)57-16-23-63(30-29-62)24-17-58-49(74)38-10-4-12-40(44(38)69)52(77)61-20-28-65/h1-12,66-69H,13-32,53H2,(H2,54,70)(H,55,72)(H,56,71)(H,57,73)(H,58,74)(H,59,75)(H,60,76)(H,61,77). The van der Waals surface area contributed by atoms with Gasteiger partial charge in [-0.1, -0.05) is 24.3 Å². The topological polar surface area (TPSA) is 367 Å². The first-order chi connectivity index (χ1) is 37.1. The number of nitrogens with one attached hydrogen (secondary N) is 7. The number of carbonyl (C=O) groups excluding carboxylic acids is 8. The summed E-state index contributed by atoms with van der Waals surface area (Å²) < 4.78 is 0. The molecular weight excluding hydrogens is 999 g/mol. The van der Waals surface area contributed by atoms with Gasteiger partial charge in [-0.05, 0) is 48.5 Å². The van der Waals surface area contributed by atoms with Gasteiger partial charge in [-0.3, -0.25) is 58.0 Å². The van der Waals surface area contributed by atoms with Gasteiger partial charge in [-0.2, -0.15) is 0 Å². The highest BCUT2D eigenvalue weighted by Crippen LogP contribution is 2.25. The lowest BCUT2D eigenvalue weighted by Gasteiger charge is -2.28. The molecule has 3 aliphatic rings. The fourth-order valence-electron chi connectivity index (χ4n) is 8.70. The van der Waals surface area contributed by atoms with Gasteiger partial charge in [0.05, 0.1) is 44.5 Å². The highest BCUT2D eigenvalue weighted by Gasteiger charge is 2.24. The highest BCUT2D eigenvalue weighted by molar-refractivity contribution is 6.06. The Kier molecular flexibility index (Phi) is 21.4. The highest BCUT2D eigenvalue weighted by atomic mass is 16.3. The molecule has 0 spiro atoms. The Labute approximate surface area is 444 Å². The van der Waals surface area contributed by atoms with Gasteiger partial charge in [0.2, 0.25) is 0 Å². The molecule has 4 aromatic carbocycles. The van der Waals surface area contributed by atoms with Crippen molar-refractivity contribution in [3.63, 3.8) is 0 Å². The van der Waals surface area contributed by atoms with Crippen LogP contribution in [0.4, 0.5) is 0 Å². The number of rotatable bonds is 7. The maximum absolute atomic E-state index is 13.6. The van der Waals surface area contributed by atoms with Crippen molar-refractivity contribution in [3.8, 4) is 23.0 Å². The van der Waals surface area contributed by atoms with E-state index in [1.165, 1.54) is 72.8 Å². The number of fused-ring (bicyclic) bond motifs is 24. The van der Waals surface area contributed by atoms with E-state index in [-0.39, 0.29) is 149 Å². The minimum atomic E-state index is -0.931. The Morgan fingerprint density at radius 1 is 0.429 bits per heavy atom.